The van der Waals surface area contributed by atoms with Gasteiger partial charge >= 0.3 is 17.9 Å². The number of rotatable bonds is 3. The van der Waals surface area contributed by atoms with Gasteiger partial charge in [-0.05, 0) is 0 Å². The number of carbonyl (C=O) groups is 6. The summed E-state index contributed by atoms with van der Waals surface area (Å²) in [5.41, 5.74) is 0. The van der Waals surface area contributed by atoms with E-state index in [1.807, 2.05) is 0 Å². The standard InChI is InChI=1S/3C2H2O3.Y/c3*3-1-2(4)5;/h3*1H,(H,4,5);. The van der Waals surface area contributed by atoms with Gasteiger partial charge in [-0.15, -0.1) is 0 Å². The summed E-state index contributed by atoms with van der Waals surface area (Å²) >= 11 is 0. The Morgan fingerprint density at radius 1 is 0.625 bits per heavy atom. The molecule has 0 saturated carbocycles. The summed E-state index contributed by atoms with van der Waals surface area (Å²) in [6.07, 6.45) is -0.500. The predicted molar refractivity (Wildman–Crippen MR) is 41.1 cm³/mol. The molecule has 9 nitrogen and oxygen atoms in total. The van der Waals surface area contributed by atoms with E-state index in [1.54, 1.807) is 0 Å². The molecule has 0 atom stereocenters. The van der Waals surface area contributed by atoms with Crippen molar-refractivity contribution in [2.75, 3.05) is 0 Å². The molecule has 0 saturated heterocycles. The Morgan fingerprint density at radius 3 is 0.688 bits per heavy atom. The van der Waals surface area contributed by atoms with Crippen LogP contribution in [-0.4, -0.2) is 52.1 Å². The van der Waals surface area contributed by atoms with Crippen molar-refractivity contribution in [1.82, 2.24) is 0 Å². The van der Waals surface area contributed by atoms with Crippen molar-refractivity contribution in [3.8, 4) is 0 Å². The second-order valence-electron chi connectivity index (χ2n) is 1.37. The maximum atomic E-state index is 9.00. The molecule has 0 aromatic heterocycles. The van der Waals surface area contributed by atoms with Crippen LogP contribution in [0.5, 0.6) is 0 Å². The quantitative estimate of drug-likeness (QED) is 0.388. The molecule has 0 aliphatic carbocycles. The fourth-order valence-electron chi connectivity index (χ4n) is 0. The summed E-state index contributed by atoms with van der Waals surface area (Å²) in [5, 5.41) is 22.1. The Kier molecular flexibility index (Phi) is 28.7. The Hall–Kier alpha value is -1.48. The number of hydrogen-bond donors (Lipinski definition) is 3. The van der Waals surface area contributed by atoms with E-state index in [4.69, 9.17) is 44.1 Å². The Bertz CT molecular complexity index is 216. The molecule has 0 aromatic carbocycles. The first-order valence-corrected chi connectivity index (χ1v) is 2.86. The molecule has 0 aliphatic heterocycles. The third-order valence-electron chi connectivity index (χ3n) is 0.302. The van der Waals surface area contributed by atoms with Gasteiger partial charge in [-0.2, -0.15) is 0 Å². The van der Waals surface area contributed by atoms with Gasteiger partial charge in [0, 0.05) is 32.7 Å². The smallest absolute Gasteiger partial charge is 0.368 e. The van der Waals surface area contributed by atoms with Crippen LogP contribution >= 0.6 is 0 Å². The van der Waals surface area contributed by atoms with E-state index < -0.39 is 17.9 Å². The Morgan fingerprint density at radius 2 is 0.688 bits per heavy atom. The number of carboxylic acids is 3. The van der Waals surface area contributed by atoms with Gasteiger partial charge in [0.2, 0.25) is 18.9 Å². The number of hydrogen-bond acceptors (Lipinski definition) is 6. The van der Waals surface area contributed by atoms with Gasteiger partial charge in [0.15, 0.2) is 0 Å². The van der Waals surface area contributed by atoms with Crippen molar-refractivity contribution < 1.29 is 76.8 Å². The molecule has 87 valence electrons. The second kappa shape index (κ2) is 19.2. The molecule has 10 heteroatoms. The molecule has 0 spiro atoms. The zero-order chi connectivity index (χ0) is 12.9. The van der Waals surface area contributed by atoms with E-state index in [0.29, 0.717) is 0 Å². The average molecular weight is 311 g/mol. The van der Waals surface area contributed by atoms with Crippen LogP contribution in [0.1, 0.15) is 0 Å². The molecule has 3 N–H and O–H groups in total. The van der Waals surface area contributed by atoms with E-state index in [0.717, 1.165) is 0 Å². The zero-order valence-corrected chi connectivity index (χ0v) is 10.4. The van der Waals surface area contributed by atoms with Crippen molar-refractivity contribution >= 4 is 36.8 Å². The second-order valence-corrected chi connectivity index (χ2v) is 1.37. The number of aldehydes is 3. The van der Waals surface area contributed by atoms with Crippen molar-refractivity contribution in [3.05, 3.63) is 0 Å². The van der Waals surface area contributed by atoms with Crippen LogP contribution < -0.4 is 0 Å². The van der Waals surface area contributed by atoms with Crippen LogP contribution in [0.25, 0.3) is 0 Å². The molecule has 0 bridgehead atoms. The predicted octanol–water partition coefficient (Wildman–Crippen LogP) is -2.19. The van der Waals surface area contributed by atoms with Crippen molar-refractivity contribution in [2.45, 2.75) is 0 Å². The third kappa shape index (κ3) is 81.3. The van der Waals surface area contributed by atoms with Crippen LogP contribution in [0.15, 0.2) is 0 Å². The fourth-order valence-corrected chi connectivity index (χ4v) is 0. The van der Waals surface area contributed by atoms with Gasteiger partial charge in [0.25, 0.3) is 0 Å². The molecule has 0 heterocycles. The molecule has 0 aliphatic rings. The largest absolute Gasteiger partial charge is 0.476 e. The summed E-state index contributed by atoms with van der Waals surface area (Å²) in [4.78, 5) is 53.7. The van der Waals surface area contributed by atoms with Crippen LogP contribution in [0, 0.1) is 0 Å². The fraction of sp³-hybridized carbons (Fsp3) is 0. The van der Waals surface area contributed by atoms with Gasteiger partial charge < -0.3 is 15.3 Å². The summed E-state index contributed by atoms with van der Waals surface area (Å²) in [5.74, 6) is -4.28. The van der Waals surface area contributed by atoms with Crippen LogP contribution in [0.3, 0.4) is 0 Å². The molecular weight excluding hydrogens is 305 g/mol. The van der Waals surface area contributed by atoms with Crippen molar-refractivity contribution in [2.24, 2.45) is 0 Å². The summed E-state index contributed by atoms with van der Waals surface area (Å²) in [6, 6.07) is 0. The molecule has 1 radical (unpaired) electrons. The summed E-state index contributed by atoms with van der Waals surface area (Å²) < 4.78 is 0. The van der Waals surface area contributed by atoms with E-state index in [-0.39, 0.29) is 51.6 Å². The zero-order valence-electron chi connectivity index (χ0n) is 7.60. The SMILES string of the molecule is O=CC(=O)O.O=CC(=O)O.O=CC(=O)O.[Y]. The first kappa shape index (κ1) is 24.0. The summed E-state index contributed by atoms with van der Waals surface area (Å²) in [7, 11) is 0. The normalized spacial score (nSPS) is 6.00. The molecule has 0 fully saturated rings. The van der Waals surface area contributed by atoms with E-state index in [9.17, 15) is 0 Å². The Labute approximate surface area is 113 Å². The monoisotopic (exact) mass is 311 g/mol. The maximum absolute atomic E-state index is 9.00. The van der Waals surface area contributed by atoms with Gasteiger partial charge in [-0.3, -0.25) is 14.4 Å². The first-order valence-electron chi connectivity index (χ1n) is 2.86. The number of carbonyl (C=O) groups excluding carboxylic acids is 3. The molecule has 0 unspecified atom stereocenters. The topological polar surface area (TPSA) is 163 Å². The minimum atomic E-state index is -1.43. The minimum absolute atomic E-state index is 0. The maximum Gasteiger partial charge on any atom is 0.368 e. The van der Waals surface area contributed by atoms with E-state index in [2.05, 4.69) is 0 Å². The molecule has 16 heavy (non-hydrogen) atoms. The summed E-state index contributed by atoms with van der Waals surface area (Å²) in [6.45, 7) is 0. The van der Waals surface area contributed by atoms with Crippen LogP contribution in [-0.2, 0) is 61.5 Å². The molecule has 0 rings (SSSR count). The third-order valence-corrected chi connectivity index (χ3v) is 0.302. The van der Waals surface area contributed by atoms with Crippen LogP contribution in [0.4, 0.5) is 0 Å². The average Bonchev–Trinajstić information content (AvgIpc) is 2.19. The van der Waals surface area contributed by atoms with Crippen molar-refractivity contribution in [3.63, 3.8) is 0 Å². The first-order chi connectivity index (χ1) is 6.81. The molecule has 0 amide bonds. The van der Waals surface area contributed by atoms with E-state index >= 15 is 0 Å². The Balaban J connectivity index is -0.0000000655. The van der Waals surface area contributed by atoms with Gasteiger partial charge in [-0.1, -0.05) is 0 Å². The van der Waals surface area contributed by atoms with Crippen LogP contribution in [0.2, 0.25) is 0 Å². The number of aliphatic carboxylic acids is 3. The van der Waals surface area contributed by atoms with Gasteiger partial charge in [0.1, 0.15) is 0 Å². The van der Waals surface area contributed by atoms with Gasteiger partial charge in [0.05, 0.1) is 0 Å². The molecule has 0 aromatic rings. The number of carboxylic acid groups (broad SMARTS) is 3. The van der Waals surface area contributed by atoms with Gasteiger partial charge in [-0.25, -0.2) is 14.4 Å². The molecular formula is C6H6O9Y. The minimum Gasteiger partial charge on any atom is -0.476 e. The van der Waals surface area contributed by atoms with Crippen molar-refractivity contribution in [1.29, 1.82) is 0 Å². The van der Waals surface area contributed by atoms with E-state index in [1.165, 1.54) is 0 Å².